The fourth-order valence-corrected chi connectivity index (χ4v) is 3.85. The van der Waals surface area contributed by atoms with Crippen molar-refractivity contribution in [3.8, 4) is 0 Å². The molecule has 4 nitrogen and oxygen atoms in total. The molecule has 1 aliphatic heterocycles. The van der Waals surface area contributed by atoms with E-state index in [1.54, 1.807) is 0 Å². The van der Waals surface area contributed by atoms with Gasteiger partial charge in [0.2, 0.25) is 11.8 Å². The number of hydrogen-bond donors (Lipinski definition) is 1. The first kappa shape index (κ1) is 13.9. The Morgan fingerprint density at radius 1 is 1.10 bits per heavy atom. The fourth-order valence-electron chi connectivity index (χ4n) is 3.85. The highest BCUT2D eigenvalue weighted by molar-refractivity contribution is 5.93. The van der Waals surface area contributed by atoms with Gasteiger partial charge in [-0.2, -0.15) is 0 Å². The number of nitrogens with one attached hydrogen (secondary N) is 1. The van der Waals surface area contributed by atoms with Crippen LogP contribution in [0.2, 0.25) is 0 Å². The zero-order valence-corrected chi connectivity index (χ0v) is 12.3. The molecule has 1 spiro atoms. The lowest BCUT2D eigenvalue weighted by molar-refractivity contribution is -0.140. The van der Waals surface area contributed by atoms with Gasteiger partial charge in [-0.05, 0) is 25.2 Å². The third kappa shape index (κ3) is 2.70. The second kappa shape index (κ2) is 5.74. The average molecular weight is 278 g/mol. The minimum absolute atomic E-state index is 0.0615. The van der Waals surface area contributed by atoms with Crippen molar-refractivity contribution in [3.05, 3.63) is 0 Å². The number of carbonyl (C=O) groups is 2. The van der Waals surface area contributed by atoms with Gasteiger partial charge in [0.05, 0.1) is 0 Å². The van der Waals surface area contributed by atoms with Crippen molar-refractivity contribution in [1.82, 2.24) is 10.2 Å². The van der Waals surface area contributed by atoms with Crippen molar-refractivity contribution >= 4 is 11.8 Å². The Hall–Kier alpha value is -1.06. The molecule has 1 heterocycles. The molecule has 4 heteroatoms. The molecule has 3 fully saturated rings. The van der Waals surface area contributed by atoms with Crippen LogP contribution in [0.3, 0.4) is 0 Å². The first-order chi connectivity index (χ1) is 9.70. The van der Waals surface area contributed by atoms with E-state index < -0.39 is 5.54 Å². The number of amides is 2. The van der Waals surface area contributed by atoms with E-state index in [4.69, 9.17) is 0 Å². The molecule has 112 valence electrons. The zero-order chi connectivity index (χ0) is 14.0. The molecule has 0 radical (unpaired) electrons. The van der Waals surface area contributed by atoms with Crippen LogP contribution in [0.25, 0.3) is 0 Å². The standard InChI is InChI=1S/C16H26N2O2/c19-14-8-12-18(11-7-13-5-4-6-13)15(20)16(17-14)9-2-1-3-10-16/h13H,1-12H2,(H,17,19). The Bertz CT molecular complexity index is 384. The summed E-state index contributed by atoms with van der Waals surface area (Å²) in [6, 6.07) is 0. The Morgan fingerprint density at radius 3 is 2.50 bits per heavy atom. The summed E-state index contributed by atoms with van der Waals surface area (Å²) in [5, 5.41) is 3.06. The van der Waals surface area contributed by atoms with Crippen molar-refractivity contribution in [1.29, 1.82) is 0 Å². The lowest BCUT2D eigenvalue weighted by Crippen LogP contribution is -2.58. The summed E-state index contributed by atoms with van der Waals surface area (Å²) in [7, 11) is 0. The molecule has 0 unspecified atom stereocenters. The summed E-state index contributed by atoms with van der Waals surface area (Å²) >= 11 is 0. The van der Waals surface area contributed by atoms with Gasteiger partial charge in [-0.15, -0.1) is 0 Å². The first-order valence-corrected chi connectivity index (χ1v) is 8.30. The van der Waals surface area contributed by atoms with Gasteiger partial charge in [-0.1, -0.05) is 38.5 Å². The molecule has 3 aliphatic rings. The van der Waals surface area contributed by atoms with Crippen LogP contribution in [0.4, 0.5) is 0 Å². The van der Waals surface area contributed by atoms with Crippen molar-refractivity contribution < 1.29 is 9.59 Å². The summed E-state index contributed by atoms with van der Waals surface area (Å²) in [6.07, 6.45) is 10.6. The van der Waals surface area contributed by atoms with Gasteiger partial charge >= 0.3 is 0 Å². The molecule has 2 aliphatic carbocycles. The van der Waals surface area contributed by atoms with Crippen LogP contribution in [0.1, 0.15) is 64.2 Å². The van der Waals surface area contributed by atoms with E-state index in [1.165, 1.54) is 25.7 Å². The van der Waals surface area contributed by atoms with Crippen molar-refractivity contribution in [2.24, 2.45) is 5.92 Å². The highest BCUT2D eigenvalue weighted by Gasteiger charge is 2.44. The van der Waals surface area contributed by atoms with E-state index in [1.807, 2.05) is 4.90 Å². The molecule has 0 aromatic heterocycles. The van der Waals surface area contributed by atoms with Crippen LogP contribution < -0.4 is 5.32 Å². The van der Waals surface area contributed by atoms with Gasteiger partial charge in [-0.3, -0.25) is 9.59 Å². The molecule has 0 atom stereocenters. The summed E-state index contributed by atoms with van der Waals surface area (Å²) in [5.41, 5.74) is -0.564. The van der Waals surface area contributed by atoms with Crippen molar-refractivity contribution in [3.63, 3.8) is 0 Å². The second-order valence-corrected chi connectivity index (χ2v) is 6.82. The van der Waals surface area contributed by atoms with E-state index >= 15 is 0 Å². The molecule has 1 saturated heterocycles. The van der Waals surface area contributed by atoms with Gasteiger partial charge in [0, 0.05) is 19.5 Å². The molecule has 20 heavy (non-hydrogen) atoms. The molecule has 0 bridgehead atoms. The van der Waals surface area contributed by atoms with E-state index in [2.05, 4.69) is 5.32 Å². The lowest BCUT2D eigenvalue weighted by atomic mass is 9.80. The van der Waals surface area contributed by atoms with Crippen molar-refractivity contribution in [2.75, 3.05) is 13.1 Å². The monoisotopic (exact) mass is 278 g/mol. The van der Waals surface area contributed by atoms with E-state index in [0.717, 1.165) is 44.6 Å². The van der Waals surface area contributed by atoms with Gasteiger partial charge in [0.15, 0.2) is 0 Å². The van der Waals surface area contributed by atoms with Crippen molar-refractivity contribution in [2.45, 2.75) is 69.7 Å². The average Bonchev–Trinajstić information content (AvgIpc) is 2.50. The van der Waals surface area contributed by atoms with Crippen LogP contribution in [0, 0.1) is 5.92 Å². The summed E-state index contributed by atoms with van der Waals surface area (Å²) < 4.78 is 0. The first-order valence-electron chi connectivity index (χ1n) is 8.30. The molecule has 2 saturated carbocycles. The minimum atomic E-state index is -0.564. The lowest BCUT2D eigenvalue weighted by Gasteiger charge is -2.38. The maximum absolute atomic E-state index is 12.9. The Kier molecular flexibility index (Phi) is 3.99. The SMILES string of the molecule is O=C1CCN(CCC2CCC2)C(=O)C2(CCCCC2)N1. The highest BCUT2D eigenvalue weighted by atomic mass is 16.2. The van der Waals surface area contributed by atoms with Gasteiger partial charge < -0.3 is 10.2 Å². The third-order valence-electron chi connectivity index (χ3n) is 5.42. The number of hydrogen-bond acceptors (Lipinski definition) is 2. The summed E-state index contributed by atoms with van der Waals surface area (Å²) in [4.78, 5) is 26.8. The number of carbonyl (C=O) groups excluding carboxylic acids is 2. The molecule has 2 amide bonds. The van der Waals surface area contributed by atoms with Crippen LogP contribution >= 0.6 is 0 Å². The van der Waals surface area contributed by atoms with Crippen LogP contribution in [-0.2, 0) is 9.59 Å². The normalized spacial score (nSPS) is 27.1. The van der Waals surface area contributed by atoms with E-state index in [9.17, 15) is 9.59 Å². The largest absolute Gasteiger partial charge is 0.342 e. The maximum atomic E-state index is 12.9. The quantitative estimate of drug-likeness (QED) is 0.860. The van der Waals surface area contributed by atoms with Crippen LogP contribution in [0.5, 0.6) is 0 Å². The molecule has 3 rings (SSSR count). The summed E-state index contributed by atoms with van der Waals surface area (Å²) in [6.45, 7) is 1.46. The highest BCUT2D eigenvalue weighted by Crippen LogP contribution is 2.33. The van der Waals surface area contributed by atoms with E-state index in [0.29, 0.717) is 13.0 Å². The van der Waals surface area contributed by atoms with Crippen LogP contribution in [0.15, 0.2) is 0 Å². The molecule has 0 aromatic carbocycles. The molecule has 1 N–H and O–H groups in total. The zero-order valence-electron chi connectivity index (χ0n) is 12.3. The summed E-state index contributed by atoms with van der Waals surface area (Å²) in [5.74, 6) is 1.07. The Labute approximate surface area is 121 Å². The minimum Gasteiger partial charge on any atom is -0.342 e. The van der Waals surface area contributed by atoms with E-state index in [-0.39, 0.29) is 11.8 Å². The van der Waals surface area contributed by atoms with Crippen LogP contribution in [-0.4, -0.2) is 35.3 Å². The second-order valence-electron chi connectivity index (χ2n) is 6.82. The molecular weight excluding hydrogens is 252 g/mol. The predicted octanol–water partition coefficient (Wildman–Crippen LogP) is 2.23. The van der Waals surface area contributed by atoms with Gasteiger partial charge in [-0.25, -0.2) is 0 Å². The maximum Gasteiger partial charge on any atom is 0.248 e. The number of rotatable bonds is 3. The molecular formula is C16H26N2O2. The third-order valence-corrected chi connectivity index (χ3v) is 5.42. The molecule has 0 aromatic rings. The topological polar surface area (TPSA) is 49.4 Å². The van der Waals surface area contributed by atoms with Gasteiger partial charge in [0.25, 0.3) is 0 Å². The smallest absolute Gasteiger partial charge is 0.248 e. The Morgan fingerprint density at radius 2 is 1.85 bits per heavy atom. The van der Waals surface area contributed by atoms with Gasteiger partial charge in [0.1, 0.15) is 5.54 Å². The fraction of sp³-hybridized carbons (Fsp3) is 0.875. The Balaban J connectivity index is 1.68. The predicted molar refractivity (Wildman–Crippen MR) is 77.1 cm³/mol. The number of nitrogens with zero attached hydrogens (tertiary/aromatic N) is 1.